The molecule has 0 unspecified atom stereocenters. The maximum absolute atomic E-state index is 5.89. The Balaban J connectivity index is 1.52. The van der Waals surface area contributed by atoms with Crippen molar-refractivity contribution in [2.45, 2.75) is 6.04 Å². The number of aromatic amines is 1. The summed E-state index contributed by atoms with van der Waals surface area (Å²) in [4.78, 5) is 7.60. The fraction of sp³-hybridized carbons (Fsp3) is 0.263. The summed E-state index contributed by atoms with van der Waals surface area (Å²) in [5, 5.41) is 13.5. The number of hydrogen-bond acceptors (Lipinski definition) is 8. The van der Waals surface area contributed by atoms with Crippen LogP contribution in [0.4, 0.5) is 5.95 Å². The first-order chi connectivity index (χ1) is 13.8. The lowest BCUT2D eigenvalue weighted by atomic mass is 9.97. The van der Waals surface area contributed by atoms with Gasteiger partial charge in [-0.05, 0) is 11.6 Å². The Morgan fingerprint density at radius 3 is 2.75 bits per heavy atom. The number of aromatic nitrogens is 2. The normalized spacial score (nSPS) is 19.6. The molecule has 0 saturated carbocycles. The van der Waals surface area contributed by atoms with Crippen LogP contribution in [0.5, 0.6) is 0 Å². The quantitative estimate of drug-likeness (QED) is 0.389. The number of hydrogen-bond donors (Lipinski definition) is 6. The Morgan fingerprint density at radius 1 is 1.04 bits per heavy atom. The van der Waals surface area contributed by atoms with E-state index in [4.69, 9.17) is 5.73 Å². The summed E-state index contributed by atoms with van der Waals surface area (Å²) in [6, 6.07) is 14.6. The van der Waals surface area contributed by atoms with Crippen LogP contribution in [0.15, 0.2) is 47.6 Å². The van der Waals surface area contributed by atoms with E-state index in [1.54, 1.807) is 0 Å². The highest BCUT2D eigenvalue weighted by molar-refractivity contribution is 6.07. The van der Waals surface area contributed by atoms with Crippen LogP contribution in [0.25, 0.3) is 22.2 Å². The van der Waals surface area contributed by atoms with Gasteiger partial charge < -0.3 is 21.4 Å². The fourth-order valence-electron chi connectivity index (χ4n) is 3.83. The van der Waals surface area contributed by atoms with Crippen molar-refractivity contribution in [3.63, 3.8) is 0 Å². The van der Waals surface area contributed by atoms with Crippen LogP contribution in [0.3, 0.4) is 0 Å². The Bertz CT molecular complexity index is 1020. The molecule has 2 aromatic carbocycles. The zero-order valence-electron chi connectivity index (χ0n) is 15.4. The highest BCUT2D eigenvalue weighted by atomic mass is 15.8. The molecule has 1 saturated heterocycles. The number of nitrogens with two attached hydrogens (primary N) is 1. The van der Waals surface area contributed by atoms with Gasteiger partial charge in [-0.25, -0.2) is 10.5 Å². The minimum absolute atomic E-state index is 0.341. The second kappa shape index (κ2) is 7.12. The van der Waals surface area contributed by atoms with Crippen LogP contribution in [0.1, 0.15) is 5.56 Å². The number of rotatable bonds is 4. The van der Waals surface area contributed by atoms with E-state index < -0.39 is 0 Å². The number of para-hydroxylation sites is 1. The molecule has 3 aromatic rings. The number of nitrogens with zero attached hydrogens (tertiary/aromatic N) is 3. The highest BCUT2D eigenvalue weighted by Gasteiger charge is 2.25. The number of hydrazine groups is 2. The van der Waals surface area contributed by atoms with E-state index in [0.29, 0.717) is 12.0 Å². The zero-order chi connectivity index (χ0) is 18.9. The molecule has 0 aliphatic carbocycles. The topological polar surface area (TPSA) is 118 Å². The van der Waals surface area contributed by atoms with E-state index in [9.17, 15) is 0 Å². The van der Waals surface area contributed by atoms with Gasteiger partial charge >= 0.3 is 0 Å². The van der Waals surface area contributed by atoms with E-state index >= 15 is 0 Å². The molecule has 9 heteroatoms. The minimum Gasteiger partial charge on any atom is -0.369 e. The van der Waals surface area contributed by atoms with Crippen molar-refractivity contribution in [3.05, 3.63) is 48.0 Å². The minimum atomic E-state index is 0.341. The molecule has 1 aromatic heterocycles. The number of benzene rings is 2. The fourth-order valence-corrected chi connectivity index (χ4v) is 3.83. The van der Waals surface area contributed by atoms with E-state index in [1.807, 2.05) is 29.3 Å². The molecular weight excluding hydrogens is 354 g/mol. The van der Waals surface area contributed by atoms with Gasteiger partial charge in [0, 0.05) is 36.8 Å². The first-order valence-corrected chi connectivity index (χ1v) is 9.43. The van der Waals surface area contributed by atoms with E-state index in [0.717, 1.165) is 59.7 Å². The number of nitrogen functional groups attached to an aromatic ring is 1. The standard InChI is InChI=1S/C19H23N9/c20-19-23-16-7-3-6-14(17(16)24-19)13-4-1-2-5-15(13)18-25-26-27-28(18)11-12-10-21-8-9-22-12/h1-7,12,21-22,26-27H,8-11H2,(H3,20,23,24)/t12-/m1/s1. The van der Waals surface area contributed by atoms with Crippen molar-refractivity contribution in [1.29, 1.82) is 0 Å². The lowest BCUT2D eigenvalue weighted by Gasteiger charge is -2.29. The molecule has 0 bridgehead atoms. The molecule has 7 N–H and O–H groups in total. The maximum Gasteiger partial charge on any atom is 0.198 e. The predicted octanol–water partition coefficient (Wildman–Crippen LogP) is 0.360. The molecule has 9 nitrogen and oxygen atoms in total. The molecular formula is C19H23N9. The number of amidine groups is 1. The Labute approximate surface area is 162 Å². The Morgan fingerprint density at radius 2 is 1.89 bits per heavy atom. The number of nitrogens with one attached hydrogen (secondary N) is 5. The van der Waals surface area contributed by atoms with E-state index in [1.165, 1.54) is 0 Å². The highest BCUT2D eigenvalue weighted by Crippen LogP contribution is 2.31. The number of H-pyrrole nitrogens is 1. The van der Waals surface area contributed by atoms with Gasteiger partial charge in [0.2, 0.25) is 0 Å². The zero-order valence-corrected chi connectivity index (χ0v) is 15.4. The first kappa shape index (κ1) is 17.0. The summed E-state index contributed by atoms with van der Waals surface area (Å²) in [5.41, 5.74) is 16.8. The van der Waals surface area contributed by atoms with Gasteiger partial charge in [-0.1, -0.05) is 36.4 Å². The number of anilines is 1. The second-order valence-corrected chi connectivity index (χ2v) is 6.99. The largest absolute Gasteiger partial charge is 0.369 e. The van der Waals surface area contributed by atoms with Crippen molar-refractivity contribution in [2.75, 3.05) is 31.9 Å². The third-order valence-corrected chi connectivity index (χ3v) is 5.12. The number of fused-ring (bicyclic) bond motifs is 1. The lowest BCUT2D eigenvalue weighted by molar-refractivity contribution is 0.249. The van der Waals surface area contributed by atoms with Crippen molar-refractivity contribution >= 4 is 22.8 Å². The molecule has 0 amide bonds. The predicted molar refractivity (Wildman–Crippen MR) is 110 cm³/mol. The van der Waals surface area contributed by atoms with E-state index in [-0.39, 0.29) is 0 Å². The average Bonchev–Trinajstić information content (AvgIpc) is 3.34. The van der Waals surface area contributed by atoms with Crippen LogP contribution in [0, 0.1) is 0 Å². The SMILES string of the molecule is Nc1nc2c(-c3ccccc3C3=NNNN3C[C@H]3CNCCN3)cccc2[nH]1. The average molecular weight is 377 g/mol. The number of imidazole rings is 1. The summed E-state index contributed by atoms with van der Waals surface area (Å²) in [6.45, 7) is 3.69. The maximum atomic E-state index is 5.89. The van der Waals surface area contributed by atoms with Crippen LogP contribution >= 0.6 is 0 Å². The van der Waals surface area contributed by atoms with Gasteiger partial charge in [0.15, 0.2) is 11.8 Å². The molecule has 28 heavy (non-hydrogen) atoms. The molecule has 5 rings (SSSR count). The summed E-state index contributed by atoms with van der Waals surface area (Å²) < 4.78 is 0. The number of piperazine rings is 1. The molecule has 1 atom stereocenters. The molecule has 2 aliphatic rings. The van der Waals surface area contributed by atoms with Gasteiger partial charge in [0.25, 0.3) is 0 Å². The van der Waals surface area contributed by atoms with Crippen LogP contribution in [-0.2, 0) is 0 Å². The number of hydrazone groups is 1. The third kappa shape index (κ3) is 3.05. The van der Waals surface area contributed by atoms with Crippen molar-refractivity contribution < 1.29 is 0 Å². The summed E-state index contributed by atoms with van der Waals surface area (Å²) in [7, 11) is 0. The van der Waals surface area contributed by atoms with Crippen LogP contribution in [0.2, 0.25) is 0 Å². The monoisotopic (exact) mass is 377 g/mol. The lowest BCUT2D eigenvalue weighted by Crippen LogP contribution is -2.56. The molecule has 0 radical (unpaired) electrons. The van der Waals surface area contributed by atoms with Crippen LogP contribution in [-0.4, -0.2) is 53.0 Å². The first-order valence-electron chi connectivity index (χ1n) is 9.43. The van der Waals surface area contributed by atoms with Gasteiger partial charge in [0.05, 0.1) is 17.6 Å². The van der Waals surface area contributed by atoms with Gasteiger partial charge in [-0.15, -0.1) is 10.6 Å². The molecule has 1 fully saturated rings. The van der Waals surface area contributed by atoms with Crippen molar-refractivity contribution in [3.8, 4) is 11.1 Å². The molecule has 144 valence electrons. The smallest absolute Gasteiger partial charge is 0.198 e. The summed E-state index contributed by atoms with van der Waals surface area (Å²) in [5.74, 6) is 1.27. The molecule has 3 heterocycles. The Hall–Kier alpha value is -3.14. The van der Waals surface area contributed by atoms with E-state index in [2.05, 4.69) is 55.0 Å². The Kier molecular flexibility index (Phi) is 4.32. The molecule has 2 aliphatic heterocycles. The second-order valence-electron chi connectivity index (χ2n) is 6.99. The van der Waals surface area contributed by atoms with Crippen LogP contribution < -0.4 is 27.4 Å². The van der Waals surface area contributed by atoms with Crippen molar-refractivity contribution in [1.82, 2.24) is 36.7 Å². The van der Waals surface area contributed by atoms with Crippen molar-refractivity contribution in [2.24, 2.45) is 5.10 Å². The molecule has 0 spiro atoms. The summed E-state index contributed by atoms with van der Waals surface area (Å²) in [6.07, 6.45) is 0. The summed E-state index contributed by atoms with van der Waals surface area (Å²) >= 11 is 0. The third-order valence-electron chi connectivity index (χ3n) is 5.12. The van der Waals surface area contributed by atoms with Gasteiger partial charge in [-0.3, -0.25) is 5.01 Å². The van der Waals surface area contributed by atoms with Gasteiger partial charge in [0.1, 0.15) is 0 Å². The van der Waals surface area contributed by atoms with Gasteiger partial charge in [-0.2, -0.15) is 0 Å².